The molecule has 2 aromatic carbocycles. The predicted octanol–water partition coefficient (Wildman–Crippen LogP) is 6.07. The van der Waals surface area contributed by atoms with Crippen LogP contribution >= 0.6 is 19.4 Å². The molecule has 2 rings (SSSR count). The van der Waals surface area contributed by atoms with Crippen molar-refractivity contribution >= 4 is 19.4 Å². The lowest BCUT2D eigenvalue weighted by atomic mass is 10.2. The lowest BCUT2D eigenvalue weighted by Crippen LogP contribution is -2.12. The van der Waals surface area contributed by atoms with Gasteiger partial charge < -0.3 is 9.05 Å². The molecule has 24 heavy (non-hydrogen) atoms. The second-order valence-electron chi connectivity index (χ2n) is 5.29. The zero-order valence-corrected chi connectivity index (χ0v) is 15.3. The first-order chi connectivity index (χ1) is 11.6. The van der Waals surface area contributed by atoms with E-state index in [1.807, 2.05) is 12.1 Å². The molecule has 0 aliphatic carbocycles. The van der Waals surface area contributed by atoms with Crippen LogP contribution < -0.4 is 9.05 Å². The highest BCUT2D eigenvalue weighted by molar-refractivity contribution is 7.49. The van der Waals surface area contributed by atoms with Crippen molar-refractivity contribution in [3.63, 3.8) is 0 Å². The van der Waals surface area contributed by atoms with Crippen molar-refractivity contribution in [1.82, 2.24) is 0 Å². The number of halogens is 1. The number of hydrogen-bond acceptors (Lipinski definition) is 4. The largest absolute Gasteiger partial charge is 0.587 e. The second kappa shape index (κ2) is 9.73. The summed E-state index contributed by atoms with van der Waals surface area (Å²) in [5, 5.41) is -0.239. The van der Waals surface area contributed by atoms with E-state index in [-0.39, 0.29) is 12.0 Å². The molecule has 130 valence electrons. The van der Waals surface area contributed by atoms with Crippen molar-refractivity contribution in [2.75, 3.05) is 6.61 Å². The van der Waals surface area contributed by atoms with E-state index in [2.05, 4.69) is 6.92 Å². The molecule has 0 aliphatic rings. The van der Waals surface area contributed by atoms with E-state index in [9.17, 15) is 4.57 Å². The summed E-state index contributed by atoms with van der Waals surface area (Å²) < 4.78 is 29.5. The number of alkyl halides is 1. The van der Waals surface area contributed by atoms with Crippen LogP contribution in [-0.2, 0) is 9.09 Å². The van der Waals surface area contributed by atoms with Crippen molar-refractivity contribution < 1.29 is 18.1 Å². The molecule has 4 nitrogen and oxygen atoms in total. The van der Waals surface area contributed by atoms with Crippen molar-refractivity contribution in [2.45, 2.75) is 31.6 Å². The van der Waals surface area contributed by atoms with Crippen LogP contribution in [0.1, 0.15) is 26.2 Å². The smallest absolute Gasteiger partial charge is 0.395 e. The zero-order chi connectivity index (χ0) is 17.3. The summed E-state index contributed by atoms with van der Waals surface area (Å²) in [4.78, 5) is 0. The molecule has 0 heterocycles. The molecule has 0 aromatic heterocycles. The Morgan fingerprint density at radius 1 is 0.958 bits per heavy atom. The molecule has 0 saturated heterocycles. The van der Waals surface area contributed by atoms with Crippen LogP contribution in [0.25, 0.3) is 0 Å². The molecular weight excluding hydrogens is 347 g/mol. The average Bonchev–Trinajstić information content (AvgIpc) is 2.60. The minimum absolute atomic E-state index is 0.0957. The maximum absolute atomic E-state index is 13.0. The Bertz CT molecular complexity index is 590. The van der Waals surface area contributed by atoms with Gasteiger partial charge in [-0.1, -0.05) is 56.2 Å². The zero-order valence-electron chi connectivity index (χ0n) is 13.6. The number of hydrogen-bond donors (Lipinski definition) is 0. The van der Waals surface area contributed by atoms with Gasteiger partial charge in [0, 0.05) is 0 Å². The van der Waals surface area contributed by atoms with Gasteiger partial charge in [-0.15, -0.1) is 11.6 Å². The van der Waals surface area contributed by atoms with Crippen LogP contribution in [-0.4, -0.2) is 12.0 Å². The number of phosphoric ester groups is 1. The molecule has 0 saturated carbocycles. The third-order valence-electron chi connectivity index (χ3n) is 3.21. The lowest BCUT2D eigenvalue weighted by Gasteiger charge is -2.20. The molecule has 1 atom stereocenters. The normalized spacial score (nSPS) is 12.6. The minimum Gasteiger partial charge on any atom is -0.395 e. The van der Waals surface area contributed by atoms with Crippen LogP contribution in [0.4, 0.5) is 0 Å². The Hall–Kier alpha value is -1.48. The van der Waals surface area contributed by atoms with E-state index in [4.69, 9.17) is 25.2 Å². The van der Waals surface area contributed by atoms with E-state index < -0.39 is 7.82 Å². The first-order valence-corrected chi connectivity index (χ1v) is 9.89. The van der Waals surface area contributed by atoms with Crippen molar-refractivity contribution in [3.8, 4) is 11.5 Å². The molecule has 6 heteroatoms. The minimum atomic E-state index is -3.83. The van der Waals surface area contributed by atoms with E-state index in [1.165, 1.54) is 0 Å². The van der Waals surface area contributed by atoms with Gasteiger partial charge in [-0.05, 0) is 30.7 Å². The van der Waals surface area contributed by atoms with Gasteiger partial charge >= 0.3 is 7.82 Å². The Kier molecular flexibility index (Phi) is 7.64. The molecule has 0 radical (unpaired) electrons. The summed E-state index contributed by atoms with van der Waals surface area (Å²) in [7, 11) is -3.83. The van der Waals surface area contributed by atoms with Gasteiger partial charge in [-0.25, -0.2) is 4.57 Å². The molecule has 0 spiro atoms. The Morgan fingerprint density at radius 2 is 1.46 bits per heavy atom. The highest BCUT2D eigenvalue weighted by atomic mass is 35.5. The fourth-order valence-electron chi connectivity index (χ4n) is 1.97. The van der Waals surface area contributed by atoms with Crippen LogP contribution in [0.2, 0.25) is 0 Å². The van der Waals surface area contributed by atoms with Crippen molar-refractivity contribution in [1.29, 1.82) is 0 Å². The summed E-state index contributed by atoms with van der Waals surface area (Å²) in [6, 6.07) is 17.6. The summed E-state index contributed by atoms with van der Waals surface area (Å²) in [6.45, 7) is 2.19. The number of para-hydroxylation sites is 2. The third-order valence-corrected chi connectivity index (χ3v) is 4.88. The van der Waals surface area contributed by atoms with Crippen LogP contribution in [0.15, 0.2) is 60.7 Å². The molecule has 0 unspecified atom stereocenters. The summed E-state index contributed by atoms with van der Waals surface area (Å²) >= 11 is 6.21. The second-order valence-corrected chi connectivity index (χ2v) is 7.43. The van der Waals surface area contributed by atoms with Crippen LogP contribution in [0.5, 0.6) is 11.5 Å². The fraction of sp³-hybridized carbons (Fsp3) is 0.333. The van der Waals surface area contributed by atoms with Crippen molar-refractivity contribution in [2.24, 2.45) is 0 Å². The highest BCUT2D eigenvalue weighted by Gasteiger charge is 2.31. The molecule has 0 amide bonds. The summed E-state index contributed by atoms with van der Waals surface area (Å²) in [5.74, 6) is 0.827. The number of phosphoric acid groups is 1. The monoisotopic (exact) mass is 368 g/mol. The SMILES string of the molecule is CCCC[C@@H](Cl)COP(=O)(Oc1ccccc1)Oc1ccccc1. The summed E-state index contributed by atoms with van der Waals surface area (Å²) in [6.07, 6.45) is 2.82. The van der Waals surface area contributed by atoms with Gasteiger partial charge in [0.25, 0.3) is 0 Å². The Morgan fingerprint density at radius 3 is 1.92 bits per heavy atom. The molecule has 0 N–H and O–H groups in total. The molecule has 0 aliphatic heterocycles. The summed E-state index contributed by atoms with van der Waals surface area (Å²) in [5.41, 5.74) is 0. The van der Waals surface area contributed by atoms with Gasteiger partial charge in [-0.2, -0.15) is 0 Å². The van der Waals surface area contributed by atoms with Gasteiger partial charge in [-0.3, -0.25) is 4.52 Å². The van der Waals surface area contributed by atoms with Crippen LogP contribution in [0.3, 0.4) is 0 Å². The quantitative estimate of drug-likeness (QED) is 0.377. The lowest BCUT2D eigenvalue weighted by molar-refractivity contribution is 0.207. The van der Waals surface area contributed by atoms with E-state index in [1.54, 1.807) is 48.5 Å². The average molecular weight is 369 g/mol. The van der Waals surface area contributed by atoms with E-state index in [0.29, 0.717) is 11.5 Å². The highest BCUT2D eigenvalue weighted by Crippen LogP contribution is 2.49. The first-order valence-electron chi connectivity index (χ1n) is 7.99. The third kappa shape index (κ3) is 6.56. The van der Waals surface area contributed by atoms with Crippen LogP contribution in [0, 0.1) is 0 Å². The molecule has 2 aromatic rings. The fourth-order valence-corrected chi connectivity index (χ4v) is 3.54. The maximum Gasteiger partial charge on any atom is 0.587 e. The van der Waals surface area contributed by atoms with Gasteiger partial charge in [0.2, 0.25) is 0 Å². The Labute approximate surface area is 148 Å². The van der Waals surface area contributed by atoms with E-state index >= 15 is 0 Å². The number of rotatable bonds is 10. The maximum atomic E-state index is 13.0. The predicted molar refractivity (Wildman–Crippen MR) is 96.9 cm³/mol. The number of benzene rings is 2. The number of unbranched alkanes of at least 4 members (excludes halogenated alkanes) is 1. The Balaban J connectivity index is 2.07. The van der Waals surface area contributed by atoms with E-state index in [0.717, 1.165) is 19.3 Å². The van der Waals surface area contributed by atoms with Gasteiger partial charge in [0.15, 0.2) is 0 Å². The molecular formula is C18H22ClO4P. The molecule has 0 fully saturated rings. The standard InChI is InChI=1S/C18H22ClO4P/c1-2-3-10-16(19)15-21-24(20,22-17-11-6-4-7-12-17)23-18-13-8-5-9-14-18/h4-9,11-14,16H,2-3,10,15H2,1H3/t16-/m1/s1. The molecule has 0 bridgehead atoms. The van der Waals surface area contributed by atoms with Gasteiger partial charge in [0.05, 0.1) is 12.0 Å². The van der Waals surface area contributed by atoms with Crippen molar-refractivity contribution in [3.05, 3.63) is 60.7 Å². The first kappa shape index (κ1) is 18.9. The topological polar surface area (TPSA) is 44.8 Å². The van der Waals surface area contributed by atoms with Gasteiger partial charge in [0.1, 0.15) is 11.5 Å².